The second-order valence-corrected chi connectivity index (χ2v) is 7.71. The average molecular weight is 434 g/mol. The lowest BCUT2D eigenvalue weighted by Gasteiger charge is -2.11. The van der Waals surface area contributed by atoms with Crippen molar-refractivity contribution >= 4 is 46.6 Å². The number of carbonyl (C=O) groups is 1. The number of amides is 1. The maximum absolute atomic E-state index is 12.7. The molecule has 0 saturated heterocycles. The van der Waals surface area contributed by atoms with E-state index in [1.54, 1.807) is 18.2 Å². The number of aromatic nitrogens is 2. The SMILES string of the molecule is COc1ccc(Cl)cc1NC(=O)c1nc(SCc2cccc(C)c2)ncc1Cl. The van der Waals surface area contributed by atoms with Crippen LogP contribution in [-0.2, 0) is 5.75 Å². The third kappa shape index (κ3) is 5.16. The van der Waals surface area contributed by atoms with Crippen molar-refractivity contribution in [3.63, 3.8) is 0 Å². The Balaban J connectivity index is 1.77. The molecule has 8 heteroatoms. The summed E-state index contributed by atoms with van der Waals surface area (Å²) < 4.78 is 5.25. The average Bonchev–Trinajstić information content (AvgIpc) is 2.67. The van der Waals surface area contributed by atoms with E-state index in [2.05, 4.69) is 21.4 Å². The van der Waals surface area contributed by atoms with E-state index in [1.807, 2.05) is 25.1 Å². The van der Waals surface area contributed by atoms with Gasteiger partial charge in [-0.2, -0.15) is 0 Å². The first kappa shape index (κ1) is 20.5. The van der Waals surface area contributed by atoms with E-state index in [-0.39, 0.29) is 10.7 Å². The van der Waals surface area contributed by atoms with Crippen molar-refractivity contribution < 1.29 is 9.53 Å². The van der Waals surface area contributed by atoms with Gasteiger partial charge in [0.2, 0.25) is 0 Å². The summed E-state index contributed by atoms with van der Waals surface area (Å²) in [5.74, 6) is 0.703. The first-order valence-corrected chi connectivity index (χ1v) is 10.1. The number of halogens is 2. The molecule has 0 atom stereocenters. The van der Waals surface area contributed by atoms with Gasteiger partial charge in [-0.05, 0) is 30.7 Å². The van der Waals surface area contributed by atoms with Crippen molar-refractivity contribution in [2.24, 2.45) is 0 Å². The minimum absolute atomic E-state index is 0.0884. The van der Waals surface area contributed by atoms with Gasteiger partial charge in [0.1, 0.15) is 5.75 Å². The van der Waals surface area contributed by atoms with Crippen LogP contribution in [0.2, 0.25) is 10.0 Å². The molecule has 0 aliphatic heterocycles. The molecule has 1 heterocycles. The molecule has 0 aliphatic carbocycles. The number of ether oxygens (including phenoxy) is 1. The second-order valence-electron chi connectivity index (χ2n) is 5.93. The Bertz CT molecular complexity index is 1010. The third-order valence-corrected chi connectivity index (χ3v) is 5.24. The van der Waals surface area contributed by atoms with Crippen LogP contribution < -0.4 is 10.1 Å². The van der Waals surface area contributed by atoms with Crippen LogP contribution in [0.3, 0.4) is 0 Å². The van der Waals surface area contributed by atoms with Gasteiger partial charge >= 0.3 is 0 Å². The number of carbonyl (C=O) groups excluding carboxylic acids is 1. The lowest BCUT2D eigenvalue weighted by Crippen LogP contribution is -2.15. The molecule has 28 heavy (non-hydrogen) atoms. The maximum atomic E-state index is 12.7. The quantitative estimate of drug-likeness (QED) is 0.402. The Morgan fingerprint density at radius 3 is 2.79 bits per heavy atom. The normalized spacial score (nSPS) is 10.6. The molecule has 0 saturated carbocycles. The molecule has 3 rings (SSSR count). The van der Waals surface area contributed by atoms with Gasteiger partial charge in [0.15, 0.2) is 10.9 Å². The topological polar surface area (TPSA) is 64.1 Å². The zero-order valence-corrected chi connectivity index (χ0v) is 17.5. The number of methoxy groups -OCH3 is 1. The monoisotopic (exact) mass is 433 g/mol. The van der Waals surface area contributed by atoms with Crippen LogP contribution in [0.5, 0.6) is 5.75 Å². The fourth-order valence-electron chi connectivity index (χ4n) is 2.49. The number of hydrogen-bond donors (Lipinski definition) is 1. The molecule has 0 fully saturated rings. The maximum Gasteiger partial charge on any atom is 0.276 e. The molecule has 5 nitrogen and oxygen atoms in total. The van der Waals surface area contributed by atoms with Crippen LogP contribution in [0.4, 0.5) is 5.69 Å². The van der Waals surface area contributed by atoms with Gasteiger partial charge in [-0.25, -0.2) is 9.97 Å². The van der Waals surface area contributed by atoms with Gasteiger partial charge in [-0.15, -0.1) is 0 Å². The van der Waals surface area contributed by atoms with Gasteiger partial charge in [-0.3, -0.25) is 4.79 Å². The summed E-state index contributed by atoms with van der Waals surface area (Å²) in [6, 6.07) is 13.1. The molecule has 1 aromatic heterocycles. The summed E-state index contributed by atoms with van der Waals surface area (Å²) in [5.41, 5.74) is 2.86. The Labute approximate surface area is 177 Å². The van der Waals surface area contributed by atoms with E-state index in [9.17, 15) is 4.79 Å². The highest BCUT2D eigenvalue weighted by molar-refractivity contribution is 7.98. The summed E-state index contributed by atoms with van der Waals surface area (Å²) in [6.45, 7) is 2.04. The predicted molar refractivity (Wildman–Crippen MR) is 114 cm³/mol. The predicted octanol–water partition coefficient (Wildman–Crippen LogP) is 5.65. The standard InChI is InChI=1S/C20H17Cl2N3O2S/c1-12-4-3-5-13(8-12)11-28-20-23-10-15(22)18(25-20)19(26)24-16-9-14(21)6-7-17(16)27-2/h3-10H,11H2,1-2H3,(H,24,26). The van der Waals surface area contributed by atoms with Crippen molar-refractivity contribution in [1.29, 1.82) is 0 Å². The Hall–Kier alpha value is -2.28. The highest BCUT2D eigenvalue weighted by atomic mass is 35.5. The summed E-state index contributed by atoms with van der Waals surface area (Å²) in [6.07, 6.45) is 1.43. The van der Waals surface area contributed by atoms with E-state index in [1.165, 1.54) is 30.6 Å². The Kier molecular flexibility index (Phi) is 6.78. The van der Waals surface area contributed by atoms with Gasteiger partial charge in [-0.1, -0.05) is 64.8 Å². The van der Waals surface area contributed by atoms with Crippen LogP contribution >= 0.6 is 35.0 Å². The molecule has 1 amide bonds. The van der Waals surface area contributed by atoms with Crippen LogP contribution in [0.15, 0.2) is 53.8 Å². The van der Waals surface area contributed by atoms with Crippen LogP contribution in [0, 0.1) is 6.92 Å². The zero-order valence-electron chi connectivity index (χ0n) is 15.2. The molecule has 1 N–H and O–H groups in total. The molecule has 144 valence electrons. The van der Waals surface area contributed by atoms with Crippen molar-refractivity contribution in [3.8, 4) is 5.75 Å². The largest absolute Gasteiger partial charge is 0.495 e. The van der Waals surface area contributed by atoms with Crippen molar-refractivity contribution in [2.75, 3.05) is 12.4 Å². The minimum atomic E-state index is -0.467. The number of aryl methyl sites for hydroxylation is 1. The zero-order chi connectivity index (χ0) is 20.1. The lowest BCUT2D eigenvalue weighted by atomic mass is 10.2. The highest BCUT2D eigenvalue weighted by Gasteiger charge is 2.17. The second kappa shape index (κ2) is 9.28. The number of anilines is 1. The van der Waals surface area contributed by atoms with Gasteiger partial charge < -0.3 is 10.1 Å². The third-order valence-electron chi connectivity index (χ3n) is 3.80. The minimum Gasteiger partial charge on any atom is -0.495 e. The first-order chi connectivity index (χ1) is 13.5. The van der Waals surface area contributed by atoms with Crippen LogP contribution in [0.25, 0.3) is 0 Å². The molecule has 3 aromatic rings. The smallest absolute Gasteiger partial charge is 0.276 e. The van der Waals surface area contributed by atoms with E-state index in [0.717, 1.165) is 5.56 Å². The molecule has 0 radical (unpaired) electrons. The highest BCUT2D eigenvalue weighted by Crippen LogP contribution is 2.29. The molecular weight excluding hydrogens is 417 g/mol. The summed E-state index contributed by atoms with van der Waals surface area (Å²) >= 11 is 13.6. The molecule has 2 aromatic carbocycles. The molecule has 0 aliphatic rings. The first-order valence-electron chi connectivity index (χ1n) is 8.32. The Morgan fingerprint density at radius 2 is 2.04 bits per heavy atom. The number of hydrogen-bond acceptors (Lipinski definition) is 5. The Morgan fingerprint density at radius 1 is 1.21 bits per heavy atom. The van der Waals surface area contributed by atoms with Gasteiger partial charge in [0.25, 0.3) is 5.91 Å². The molecular formula is C20H17Cl2N3O2S. The lowest BCUT2D eigenvalue weighted by molar-refractivity contribution is 0.102. The van der Waals surface area contributed by atoms with E-state index in [4.69, 9.17) is 27.9 Å². The fourth-order valence-corrected chi connectivity index (χ4v) is 3.60. The summed E-state index contributed by atoms with van der Waals surface area (Å²) in [5, 5.41) is 3.84. The summed E-state index contributed by atoms with van der Waals surface area (Å²) in [4.78, 5) is 21.2. The van der Waals surface area contributed by atoms with E-state index >= 15 is 0 Å². The van der Waals surface area contributed by atoms with Crippen LogP contribution in [0.1, 0.15) is 21.6 Å². The van der Waals surface area contributed by atoms with Crippen molar-refractivity contribution in [1.82, 2.24) is 9.97 Å². The molecule has 0 bridgehead atoms. The van der Waals surface area contributed by atoms with Gasteiger partial charge in [0.05, 0.1) is 24.0 Å². The number of thioether (sulfide) groups is 1. The van der Waals surface area contributed by atoms with Gasteiger partial charge in [0, 0.05) is 10.8 Å². The van der Waals surface area contributed by atoms with Crippen molar-refractivity contribution in [3.05, 3.63) is 75.5 Å². The van der Waals surface area contributed by atoms with E-state index in [0.29, 0.717) is 27.4 Å². The number of nitrogens with one attached hydrogen (secondary N) is 1. The van der Waals surface area contributed by atoms with Crippen molar-refractivity contribution in [2.45, 2.75) is 17.8 Å². The number of rotatable bonds is 6. The summed E-state index contributed by atoms with van der Waals surface area (Å²) in [7, 11) is 1.51. The van der Waals surface area contributed by atoms with Crippen LogP contribution in [-0.4, -0.2) is 23.0 Å². The number of nitrogens with zero attached hydrogens (tertiary/aromatic N) is 2. The molecule has 0 unspecified atom stereocenters. The number of benzene rings is 2. The van der Waals surface area contributed by atoms with E-state index < -0.39 is 5.91 Å². The fraction of sp³-hybridized carbons (Fsp3) is 0.150. The molecule has 0 spiro atoms.